The molecule has 0 aliphatic heterocycles. The average molecular weight is 288 g/mol. The summed E-state index contributed by atoms with van der Waals surface area (Å²) in [5.74, 6) is 0.399. The lowest BCUT2D eigenvalue weighted by Gasteiger charge is -2.07. The van der Waals surface area contributed by atoms with Crippen molar-refractivity contribution in [3.63, 3.8) is 0 Å². The number of fused-ring (bicyclic) bond motifs is 1. The Labute approximate surface area is 114 Å². The number of rotatable bonds is 4. The van der Waals surface area contributed by atoms with E-state index in [4.69, 9.17) is 27.9 Å². The number of ether oxygens (including phenoxy) is 1. The quantitative estimate of drug-likeness (QED) is 0.640. The maximum atomic E-state index is 11.6. The Morgan fingerprint density at radius 3 is 2.94 bits per heavy atom. The van der Waals surface area contributed by atoms with Crippen molar-refractivity contribution in [1.29, 1.82) is 0 Å². The van der Waals surface area contributed by atoms with Gasteiger partial charge in [0, 0.05) is 6.20 Å². The minimum atomic E-state index is -0.351. The third-order valence-electron chi connectivity index (χ3n) is 2.40. The van der Waals surface area contributed by atoms with Crippen LogP contribution in [-0.2, 0) is 22.0 Å². The van der Waals surface area contributed by atoms with E-state index >= 15 is 0 Å². The number of imidazole rings is 1. The molecule has 7 heteroatoms. The summed E-state index contributed by atoms with van der Waals surface area (Å²) in [6.07, 6.45) is 3.09. The third kappa shape index (κ3) is 2.42. The van der Waals surface area contributed by atoms with Crippen LogP contribution in [0, 0.1) is 0 Å². The minimum absolute atomic E-state index is 0.0378. The fraction of sp³-hybridized carbons (Fsp3) is 0.364. The summed E-state index contributed by atoms with van der Waals surface area (Å²) in [5.41, 5.74) is 1.26. The van der Waals surface area contributed by atoms with Gasteiger partial charge in [-0.2, -0.15) is 0 Å². The van der Waals surface area contributed by atoms with E-state index in [0.717, 1.165) is 0 Å². The Balaban J connectivity index is 2.49. The lowest BCUT2D eigenvalue weighted by molar-refractivity contribution is -0.143. The number of hydrogen-bond acceptors (Lipinski definition) is 4. The SMILES string of the molecule is CCOC(=O)Cn1c(CCl)nc2cncc(Cl)c21. The lowest BCUT2D eigenvalue weighted by atomic mass is 10.4. The first-order valence-corrected chi connectivity index (χ1v) is 6.28. The van der Waals surface area contributed by atoms with Gasteiger partial charge in [-0.25, -0.2) is 4.98 Å². The van der Waals surface area contributed by atoms with Crippen LogP contribution in [0.1, 0.15) is 12.7 Å². The Bertz CT molecular complexity index is 583. The van der Waals surface area contributed by atoms with Crippen molar-refractivity contribution < 1.29 is 9.53 Å². The summed E-state index contributed by atoms with van der Waals surface area (Å²) < 4.78 is 6.57. The number of hydrogen-bond donors (Lipinski definition) is 0. The molecule has 0 spiro atoms. The van der Waals surface area contributed by atoms with Gasteiger partial charge < -0.3 is 9.30 Å². The highest BCUT2D eigenvalue weighted by molar-refractivity contribution is 6.34. The van der Waals surface area contributed by atoms with Crippen molar-refractivity contribution in [2.75, 3.05) is 6.61 Å². The summed E-state index contributed by atoms with van der Waals surface area (Å²) in [5, 5.41) is 0.431. The molecule has 0 aliphatic rings. The van der Waals surface area contributed by atoms with Crippen molar-refractivity contribution in [3.8, 4) is 0 Å². The van der Waals surface area contributed by atoms with Crippen LogP contribution in [0.25, 0.3) is 11.0 Å². The molecule has 0 saturated carbocycles. The number of carbonyl (C=O) groups is 1. The zero-order valence-electron chi connectivity index (χ0n) is 9.69. The predicted molar refractivity (Wildman–Crippen MR) is 68.7 cm³/mol. The van der Waals surface area contributed by atoms with Gasteiger partial charge in [0.05, 0.1) is 29.2 Å². The van der Waals surface area contributed by atoms with Crippen LogP contribution < -0.4 is 0 Å². The second kappa shape index (κ2) is 5.54. The molecule has 2 heterocycles. The first-order chi connectivity index (χ1) is 8.67. The van der Waals surface area contributed by atoms with Gasteiger partial charge in [-0.1, -0.05) is 11.6 Å². The summed E-state index contributed by atoms with van der Waals surface area (Å²) in [7, 11) is 0. The average Bonchev–Trinajstić information content (AvgIpc) is 2.69. The summed E-state index contributed by atoms with van der Waals surface area (Å²) in [6, 6.07) is 0. The van der Waals surface area contributed by atoms with E-state index in [1.54, 1.807) is 17.7 Å². The highest BCUT2D eigenvalue weighted by Gasteiger charge is 2.16. The van der Waals surface area contributed by atoms with E-state index in [9.17, 15) is 4.79 Å². The Hall–Kier alpha value is -1.33. The third-order valence-corrected chi connectivity index (χ3v) is 2.91. The molecule has 0 atom stereocenters. The molecule has 5 nitrogen and oxygen atoms in total. The van der Waals surface area contributed by atoms with Crippen molar-refractivity contribution in [3.05, 3.63) is 23.2 Å². The van der Waals surface area contributed by atoms with Gasteiger partial charge >= 0.3 is 5.97 Å². The van der Waals surface area contributed by atoms with Crippen molar-refractivity contribution in [1.82, 2.24) is 14.5 Å². The van der Waals surface area contributed by atoms with Gasteiger partial charge in [0.1, 0.15) is 17.9 Å². The maximum Gasteiger partial charge on any atom is 0.326 e. The van der Waals surface area contributed by atoms with E-state index in [1.807, 2.05) is 0 Å². The first kappa shape index (κ1) is 13.1. The highest BCUT2D eigenvalue weighted by Crippen LogP contribution is 2.24. The van der Waals surface area contributed by atoms with E-state index in [-0.39, 0.29) is 18.4 Å². The first-order valence-electron chi connectivity index (χ1n) is 5.37. The summed E-state index contributed by atoms with van der Waals surface area (Å²) in [6.45, 7) is 2.12. The molecule has 96 valence electrons. The van der Waals surface area contributed by atoms with Gasteiger partial charge in [-0.3, -0.25) is 9.78 Å². The predicted octanol–water partition coefficient (Wildman–Crippen LogP) is 2.39. The fourth-order valence-corrected chi connectivity index (χ4v) is 2.16. The van der Waals surface area contributed by atoms with Gasteiger partial charge in [0.15, 0.2) is 0 Å². The second-order valence-corrected chi connectivity index (χ2v) is 4.22. The summed E-state index contributed by atoms with van der Waals surface area (Å²) >= 11 is 11.9. The molecule has 2 rings (SSSR count). The number of carbonyl (C=O) groups excluding carboxylic acids is 1. The Kier molecular flexibility index (Phi) is 4.04. The van der Waals surface area contributed by atoms with Crippen LogP contribution in [0.4, 0.5) is 0 Å². The van der Waals surface area contributed by atoms with Crippen molar-refractivity contribution in [2.45, 2.75) is 19.3 Å². The van der Waals surface area contributed by atoms with Crippen LogP contribution in [0.2, 0.25) is 5.02 Å². The molecule has 0 N–H and O–H groups in total. The van der Waals surface area contributed by atoms with Gasteiger partial charge in [-0.05, 0) is 6.92 Å². The molecular formula is C11H11Cl2N3O2. The minimum Gasteiger partial charge on any atom is -0.465 e. The van der Waals surface area contributed by atoms with E-state index in [0.29, 0.717) is 28.5 Å². The van der Waals surface area contributed by atoms with Crippen LogP contribution in [-0.4, -0.2) is 27.1 Å². The van der Waals surface area contributed by atoms with Crippen molar-refractivity contribution >= 4 is 40.2 Å². The number of esters is 1. The topological polar surface area (TPSA) is 57.0 Å². The molecule has 0 aliphatic carbocycles. The van der Waals surface area contributed by atoms with E-state index < -0.39 is 0 Å². The molecule has 0 amide bonds. The number of pyridine rings is 1. The van der Waals surface area contributed by atoms with Gasteiger partial charge in [0.2, 0.25) is 0 Å². The Morgan fingerprint density at radius 2 is 2.28 bits per heavy atom. The maximum absolute atomic E-state index is 11.6. The molecule has 0 saturated heterocycles. The summed E-state index contributed by atoms with van der Waals surface area (Å²) in [4.78, 5) is 19.8. The zero-order valence-corrected chi connectivity index (χ0v) is 11.2. The standard InChI is InChI=1S/C11H11Cl2N3O2/c1-2-18-10(17)6-16-9(3-12)15-8-5-14-4-7(13)11(8)16/h4-5H,2-3,6H2,1H3. The Morgan fingerprint density at radius 1 is 1.50 bits per heavy atom. The number of aromatic nitrogens is 3. The van der Waals surface area contributed by atoms with E-state index in [2.05, 4.69) is 9.97 Å². The molecule has 0 radical (unpaired) electrons. The molecule has 0 unspecified atom stereocenters. The lowest BCUT2D eigenvalue weighted by Crippen LogP contribution is -2.15. The smallest absolute Gasteiger partial charge is 0.326 e. The normalized spacial score (nSPS) is 10.8. The number of halogens is 2. The number of alkyl halides is 1. The van der Waals surface area contributed by atoms with Gasteiger partial charge in [-0.15, -0.1) is 11.6 Å². The van der Waals surface area contributed by atoms with Crippen LogP contribution in [0.5, 0.6) is 0 Å². The highest BCUT2D eigenvalue weighted by atomic mass is 35.5. The van der Waals surface area contributed by atoms with Gasteiger partial charge in [0.25, 0.3) is 0 Å². The monoisotopic (exact) mass is 287 g/mol. The van der Waals surface area contributed by atoms with E-state index in [1.165, 1.54) is 6.20 Å². The molecule has 2 aromatic rings. The molecule has 18 heavy (non-hydrogen) atoms. The molecule has 0 fully saturated rings. The van der Waals surface area contributed by atoms with Crippen LogP contribution >= 0.6 is 23.2 Å². The molecular weight excluding hydrogens is 277 g/mol. The second-order valence-electron chi connectivity index (χ2n) is 3.54. The van der Waals surface area contributed by atoms with Crippen molar-refractivity contribution in [2.24, 2.45) is 0 Å². The molecule has 2 aromatic heterocycles. The largest absolute Gasteiger partial charge is 0.465 e. The zero-order chi connectivity index (χ0) is 13.1. The number of nitrogens with zero attached hydrogens (tertiary/aromatic N) is 3. The van der Waals surface area contributed by atoms with Crippen LogP contribution in [0.3, 0.4) is 0 Å². The van der Waals surface area contributed by atoms with Crippen LogP contribution in [0.15, 0.2) is 12.4 Å². The fourth-order valence-electron chi connectivity index (χ4n) is 1.70. The molecule has 0 aromatic carbocycles. The molecule has 0 bridgehead atoms.